The van der Waals surface area contributed by atoms with Crippen LogP contribution >= 0.6 is 12.2 Å². The lowest BCUT2D eigenvalue weighted by Gasteiger charge is -2.28. The number of rotatable bonds is 3. The molecular weight excluding hydrogens is 268 g/mol. The summed E-state index contributed by atoms with van der Waals surface area (Å²) in [7, 11) is 0. The van der Waals surface area contributed by atoms with Crippen molar-refractivity contribution in [3.8, 4) is 0 Å². The Bertz CT molecular complexity index is 481. The molecule has 0 radical (unpaired) electrons. The Labute approximate surface area is 116 Å². The molecule has 1 fully saturated rings. The van der Waals surface area contributed by atoms with E-state index in [1.807, 2.05) is 6.92 Å². The van der Waals surface area contributed by atoms with Crippen molar-refractivity contribution in [1.29, 1.82) is 0 Å². The van der Waals surface area contributed by atoms with Gasteiger partial charge in [-0.05, 0) is 32.1 Å². The van der Waals surface area contributed by atoms with Gasteiger partial charge in [-0.2, -0.15) is 0 Å². The van der Waals surface area contributed by atoms with E-state index >= 15 is 0 Å². The Morgan fingerprint density at radius 2 is 2.11 bits per heavy atom. The standard InChI is InChI=1S/C13H17F2N3S/c1-8-10(17-7-11(18-8)12(16)19)6-9-2-4-13(14,15)5-3-9/h7,9H,2-6H2,1H3,(H2,16,19). The molecule has 1 aromatic rings. The molecule has 0 spiro atoms. The number of aromatic nitrogens is 2. The fraction of sp³-hybridized carbons (Fsp3) is 0.615. The van der Waals surface area contributed by atoms with E-state index in [2.05, 4.69) is 9.97 Å². The van der Waals surface area contributed by atoms with E-state index in [0.717, 1.165) is 11.4 Å². The summed E-state index contributed by atoms with van der Waals surface area (Å²) in [6.07, 6.45) is 3.31. The van der Waals surface area contributed by atoms with Gasteiger partial charge < -0.3 is 5.73 Å². The predicted octanol–water partition coefficient (Wildman–Crippen LogP) is 2.79. The van der Waals surface area contributed by atoms with E-state index in [9.17, 15) is 8.78 Å². The zero-order valence-electron chi connectivity index (χ0n) is 10.8. The Kier molecular flexibility index (Phi) is 4.08. The van der Waals surface area contributed by atoms with E-state index in [4.69, 9.17) is 18.0 Å². The van der Waals surface area contributed by atoms with Crippen molar-refractivity contribution in [3.63, 3.8) is 0 Å². The van der Waals surface area contributed by atoms with Gasteiger partial charge in [0.1, 0.15) is 10.7 Å². The molecule has 2 rings (SSSR count). The second kappa shape index (κ2) is 5.45. The average molecular weight is 285 g/mol. The smallest absolute Gasteiger partial charge is 0.248 e. The molecule has 0 bridgehead atoms. The number of hydrogen-bond donors (Lipinski definition) is 1. The molecule has 0 saturated heterocycles. The summed E-state index contributed by atoms with van der Waals surface area (Å²) >= 11 is 4.84. The van der Waals surface area contributed by atoms with Gasteiger partial charge in [-0.25, -0.2) is 13.8 Å². The largest absolute Gasteiger partial charge is 0.388 e. The lowest BCUT2D eigenvalue weighted by atomic mass is 9.84. The first-order valence-corrected chi connectivity index (χ1v) is 6.78. The quantitative estimate of drug-likeness (QED) is 0.868. The molecule has 1 aliphatic carbocycles. The molecule has 104 valence electrons. The molecule has 0 unspecified atom stereocenters. The van der Waals surface area contributed by atoms with Crippen molar-refractivity contribution >= 4 is 17.2 Å². The molecule has 0 aliphatic heterocycles. The van der Waals surface area contributed by atoms with Crippen LogP contribution in [-0.4, -0.2) is 20.9 Å². The van der Waals surface area contributed by atoms with Gasteiger partial charge in [0.05, 0.1) is 17.6 Å². The fourth-order valence-corrected chi connectivity index (χ4v) is 2.50. The molecule has 6 heteroatoms. The first-order chi connectivity index (χ1) is 8.87. The minimum Gasteiger partial charge on any atom is -0.388 e. The predicted molar refractivity (Wildman–Crippen MR) is 73.3 cm³/mol. The van der Waals surface area contributed by atoms with Gasteiger partial charge in [-0.1, -0.05) is 12.2 Å². The third-order valence-corrected chi connectivity index (χ3v) is 3.83. The monoisotopic (exact) mass is 285 g/mol. The molecule has 2 N–H and O–H groups in total. The van der Waals surface area contributed by atoms with E-state index in [1.165, 1.54) is 0 Å². The molecule has 0 aromatic carbocycles. The van der Waals surface area contributed by atoms with Gasteiger partial charge >= 0.3 is 0 Å². The van der Waals surface area contributed by atoms with E-state index in [-0.39, 0.29) is 23.7 Å². The first-order valence-electron chi connectivity index (χ1n) is 6.37. The van der Waals surface area contributed by atoms with Crippen LogP contribution in [0.3, 0.4) is 0 Å². The first kappa shape index (κ1) is 14.2. The Hall–Kier alpha value is -1.17. The van der Waals surface area contributed by atoms with Gasteiger partial charge in [-0.3, -0.25) is 4.98 Å². The molecule has 1 heterocycles. The lowest BCUT2D eigenvalue weighted by molar-refractivity contribution is -0.0457. The summed E-state index contributed by atoms with van der Waals surface area (Å²) in [5.41, 5.74) is 7.64. The van der Waals surface area contributed by atoms with Gasteiger partial charge in [0.15, 0.2) is 0 Å². The highest BCUT2D eigenvalue weighted by atomic mass is 32.1. The van der Waals surface area contributed by atoms with Crippen LogP contribution in [0, 0.1) is 12.8 Å². The van der Waals surface area contributed by atoms with Gasteiger partial charge in [0.2, 0.25) is 5.92 Å². The van der Waals surface area contributed by atoms with Crippen LogP contribution in [-0.2, 0) is 6.42 Å². The maximum atomic E-state index is 13.1. The molecular formula is C13H17F2N3S. The highest BCUT2D eigenvalue weighted by Gasteiger charge is 2.35. The fourth-order valence-electron chi connectivity index (χ4n) is 2.40. The third kappa shape index (κ3) is 3.65. The number of aryl methyl sites for hydroxylation is 1. The van der Waals surface area contributed by atoms with Crippen molar-refractivity contribution in [2.75, 3.05) is 0 Å². The number of nitrogens with zero attached hydrogens (tertiary/aromatic N) is 2. The summed E-state index contributed by atoms with van der Waals surface area (Å²) in [5, 5.41) is 0. The molecule has 19 heavy (non-hydrogen) atoms. The van der Waals surface area contributed by atoms with Crippen molar-refractivity contribution in [1.82, 2.24) is 9.97 Å². The van der Waals surface area contributed by atoms with Crippen LogP contribution in [0.5, 0.6) is 0 Å². The zero-order chi connectivity index (χ0) is 14.0. The average Bonchev–Trinajstić information content (AvgIpc) is 2.34. The maximum Gasteiger partial charge on any atom is 0.248 e. The lowest BCUT2D eigenvalue weighted by Crippen LogP contribution is -2.26. The van der Waals surface area contributed by atoms with Crippen molar-refractivity contribution in [3.05, 3.63) is 23.3 Å². The molecule has 1 aliphatic rings. The van der Waals surface area contributed by atoms with Crippen LogP contribution in [0.4, 0.5) is 8.78 Å². The third-order valence-electron chi connectivity index (χ3n) is 3.62. The van der Waals surface area contributed by atoms with Crippen LogP contribution in [0.1, 0.15) is 42.8 Å². The molecule has 0 amide bonds. The van der Waals surface area contributed by atoms with E-state index < -0.39 is 5.92 Å². The van der Waals surface area contributed by atoms with Gasteiger partial charge in [0.25, 0.3) is 0 Å². The summed E-state index contributed by atoms with van der Waals surface area (Å²) in [4.78, 5) is 8.82. The normalized spacial score (nSPS) is 19.3. The van der Waals surface area contributed by atoms with Gasteiger partial charge in [-0.15, -0.1) is 0 Å². The number of halogens is 2. The van der Waals surface area contributed by atoms with Crippen LogP contribution < -0.4 is 5.73 Å². The molecule has 1 saturated carbocycles. The topological polar surface area (TPSA) is 51.8 Å². The number of nitrogens with two attached hydrogens (primary N) is 1. The van der Waals surface area contributed by atoms with E-state index in [1.54, 1.807) is 6.20 Å². The second-order valence-electron chi connectivity index (χ2n) is 5.16. The Morgan fingerprint density at radius 1 is 1.47 bits per heavy atom. The summed E-state index contributed by atoms with van der Waals surface area (Å²) in [6.45, 7) is 1.85. The minimum absolute atomic E-state index is 0.0187. The minimum atomic E-state index is -2.48. The van der Waals surface area contributed by atoms with Gasteiger partial charge in [0, 0.05) is 12.8 Å². The zero-order valence-corrected chi connectivity index (χ0v) is 11.6. The van der Waals surface area contributed by atoms with E-state index in [0.29, 0.717) is 25.0 Å². The number of alkyl halides is 2. The number of thiocarbonyl (C=S) groups is 1. The molecule has 0 atom stereocenters. The SMILES string of the molecule is Cc1nc(C(N)=S)cnc1CC1CCC(F)(F)CC1. The highest BCUT2D eigenvalue weighted by Crippen LogP contribution is 2.37. The summed E-state index contributed by atoms with van der Waals surface area (Å²) in [6, 6.07) is 0. The Balaban J connectivity index is 2.02. The maximum absolute atomic E-state index is 13.1. The summed E-state index contributed by atoms with van der Waals surface area (Å²) in [5.74, 6) is -2.21. The number of hydrogen-bond acceptors (Lipinski definition) is 3. The van der Waals surface area contributed by atoms with Crippen molar-refractivity contribution in [2.24, 2.45) is 11.7 Å². The van der Waals surface area contributed by atoms with Crippen LogP contribution in [0.15, 0.2) is 6.20 Å². The van der Waals surface area contributed by atoms with Crippen molar-refractivity contribution < 1.29 is 8.78 Å². The second-order valence-corrected chi connectivity index (χ2v) is 5.59. The summed E-state index contributed by atoms with van der Waals surface area (Å²) < 4.78 is 26.2. The molecule has 1 aromatic heterocycles. The van der Waals surface area contributed by atoms with Crippen LogP contribution in [0.25, 0.3) is 0 Å². The molecule has 3 nitrogen and oxygen atoms in total. The Morgan fingerprint density at radius 3 is 2.63 bits per heavy atom. The highest BCUT2D eigenvalue weighted by molar-refractivity contribution is 7.80. The van der Waals surface area contributed by atoms with Crippen molar-refractivity contribution in [2.45, 2.75) is 45.0 Å². The van der Waals surface area contributed by atoms with Crippen LogP contribution in [0.2, 0.25) is 0 Å².